The van der Waals surface area contributed by atoms with Gasteiger partial charge in [-0.05, 0) is 29.8 Å². The zero-order valence-corrected chi connectivity index (χ0v) is 13.8. The van der Waals surface area contributed by atoms with Gasteiger partial charge in [0.25, 0.3) is 0 Å². The number of carbonyl (C=O) groups excluding carboxylic acids is 1. The summed E-state index contributed by atoms with van der Waals surface area (Å²) in [6, 6.07) is 17.1. The molecule has 116 valence electrons. The van der Waals surface area contributed by atoms with E-state index in [0.29, 0.717) is 18.2 Å². The number of rotatable bonds is 5. The zero-order chi connectivity index (χ0) is 16.1. The number of halogens is 1. The van der Waals surface area contributed by atoms with Gasteiger partial charge in [0.05, 0.1) is 13.0 Å². The molecule has 0 spiro atoms. The Hall–Kier alpha value is -2.47. The molecule has 5 nitrogen and oxygen atoms in total. The first-order chi connectivity index (χ1) is 11.2. The molecule has 0 radical (unpaired) electrons. The molecule has 0 aliphatic carbocycles. The smallest absolute Gasteiger partial charge is 0.247 e. The molecule has 1 heterocycles. The molecular weight excluding hydrogens is 358 g/mol. The van der Waals surface area contributed by atoms with Gasteiger partial charge in [-0.3, -0.25) is 4.79 Å². The van der Waals surface area contributed by atoms with Crippen LogP contribution in [0.15, 0.2) is 63.5 Å². The lowest BCUT2D eigenvalue weighted by Crippen LogP contribution is -2.24. The van der Waals surface area contributed by atoms with Crippen LogP contribution in [-0.4, -0.2) is 16.1 Å². The maximum atomic E-state index is 11.9. The number of nitrogens with zero attached hydrogens (tertiary/aromatic N) is 2. The summed E-state index contributed by atoms with van der Waals surface area (Å²) in [5.74, 6) is 0.738. The Labute approximate surface area is 141 Å². The third-order valence-electron chi connectivity index (χ3n) is 3.20. The normalized spacial score (nSPS) is 10.5. The minimum absolute atomic E-state index is 0.0909. The highest BCUT2D eigenvalue weighted by Gasteiger charge is 2.09. The van der Waals surface area contributed by atoms with Crippen LogP contribution >= 0.6 is 15.9 Å². The van der Waals surface area contributed by atoms with Crippen molar-refractivity contribution >= 4 is 21.8 Å². The van der Waals surface area contributed by atoms with Crippen molar-refractivity contribution in [3.8, 4) is 11.5 Å². The molecule has 1 amide bonds. The maximum absolute atomic E-state index is 11.9. The molecule has 1 N–H and O–H groups in total. The van der Waals surface area contributed by atoms with Gasteiger partial charge in [0.1, 0.15) is 0 Å². The summed E-state index contributed by atoms with van der Waals surface area (Å²) >= 11 is 3.37. The van der Waals surface area contributed by atoms with Gasteiger partial charge in [-0.25, -0.2) is 0 Å². The molecule has 0 fully saturated rings. The molecule has 0 atom stereocenters. The first-order valence-electron chi connectivity index (χ1n) is 7.09. The molecule has 0 unspecified atom stereocenters. The summed E-state index contributed by atoms with van der Waals surface area (Å²) in [6.07, 6.45) is 0.312. The van der Waals surface area contributed by atoms with E-state index in [4.69, 9.17) is 4.42 Å². The first-order valence-corrected chi connectivity index (χ1v) is 7.89. The molecular formula is C17H14BrN3O2. The lowest BCUT2D eigenvalue weighted by molar-refractivity contribution is -0.120. The average Bonchev–Trinajstić information content (AvgIpc) is 3.05. The minimum Gasteiger partial charge on any atom is -0.419 e. The number of benzene rings is 2. The monoisotopic (exact) mass is 371 g/mol. The highest BCUT2D eigenvalue weighted by atomic mass is 79.9. The largest absolute Gasteiger partial charge is 0.419 e. The standard InChI is InChI=1S/C17H14BrN3O2/c18-14-8-6-12(7-9-14)10-15(22)19-11-16-20-21-17(23-16)13-4-2-1-3-5-13/h1-9H,10-11H2,(H,19,22). The Kier molecular flexibility index (Phi) is 4.83. The van der Waals surface area contributed by atoms with E-state index in [0.717, 1.165) is 15.6 Å². The molecule has 6 heteroatoms. The Morgan fingerprint density at radius 2 is 1.78 bits per heavy atom. The minimum atomic E-state index is -0.0909. The molecule has 0 bridgehead atoms. The van der Waals surface area contributed by atoms with Crippen LogP contribution in [0, 0.1) is 0 Å². The topological polar surface area (TPSA) is 68.0 Å². The van der Waals surface area contributed by atoms with Crippen LogP contribution in [0.2, 0.25) is 0 Å². The van der Waals surface area contributed by atoms with E-state index >= 15 is 0 Å². The molecule has 0 aliphatic rings. The molecule has 3 rings (SSSR count). The van der Waals surface area contributed by atoms with E-state index in [-0.39, 0.29) is 12.5 Å². The predicted molar refractivity (Wildman–Crippen MR) is 89.4 cm³/mol. The SMILES string of the molecule is O=C(Cc1ccc(Br)cc1)NCc1nnc(-c2ccccc2)o1. The van der Waals surface area contributed by atoms with Crippen molar-refractivity contribution in [2.24, 2.45) is 0 Å². The van der Waals surface area contributed by atoms with Crippen LogP contribution in [0.5, 0.6) is 0 Å². The fraction of sp³-hybridized carbons (Fsp3) is 0.118. The van der Waals surface area contributed by atoms with Gasteiger partial charge in [-0.1, -0.05) is 46.3 Å². The first kappa shape index (κ1) is 15.4. The number of hydrogen-bond donors (Lipinski definition) is 1. The summed E-state index contributed by atoms with van der Waals surface area (Å²) in [5.41, 5.74) is 1.80. The molecule has 0 aliphatic heterocycles. The highest BCUT2D eigenvalue weighted by molar-refractivity contribution is 9.10. The van der Waals surface area contributed by atoms with E-state index in [9.17, 15) is 4.79 Å². The summed E-state index contributed by atoms with van der Waals surface area (Å²) in [5, 5.41) is 10.7. The third-order valence-corrected chi connectivity index (χ3v) is 3.73. The van der Waals surface area contributed by atoms with Gasteiger partial charge in [0, 0.05) is 10.0 Å². The van der Waals surface area contributed by atoms with Gasteiger partial charge in [-0.15, -0.1) is 10.2 Å². The van der Waals surface area contributed by atoms with Crippen molar-refractivity contribution < 1.29 is 9.21 Å². The fourth-order valence-corrected chi connectivity index (χ4v) is 2.31. The summed E-state index contributed by atoms with van der Waals surface area (Å²) < 4.78 is 6.53. The molecule has 0 saturated heterocycles. The average molecular weight is 372 g/mol. The van der Waals surface area contributed by atoms with E-state index < -0.39 is 0 Å². The zero-order valence-electron chi connectivity index (χ0n) is 12.2. The van der Waals surface area contributed by atoms with E-state index in [1.54, 1.807) is 0 Å². The number of nitrogens with one attached hydrogen (secondary N) is 1. The van der Waals surface area contributed by atoms with Gasteiger partial charge in [0.15, 0.2) is 0 Å². The lowest BCUT2D eigenvalue weighted by atomic mass is 10.1. The van der Waals surface area contributed by atoms with Crippen molar-refractivity contribution in [1.82, 2.24) is 15.5 Å². The Balaban J connectivity index is 1.55. The van der Waals surface area contributed by atoms with Crippen LogP contribution in [0.4, 0.5) is 0 Å². The van der Waals surface area contributed by atoms with Crippen LogP contribution in [-0.2, 0) is 17.8 Å². The van der Waals surface area contributed by atoms with Crippen LogP contribution in [0.3, 0.4) is 0 Å². The molecule has 0 saturated carbocycles. The van der Waals surface area contributed by atoms with Gasteiger partial charge >= 0.3 is 0 Å². The van der Waals surface area contributed by atoms with Crippen molar-refractivity contribution in [1.29, 1.82) is 0 Å². The van der Waals surface area contributed by atoms with Crippen LogP contribution in [0.1, 0.15) is 11.5 Å². The molecule has 1 aromatic heterocycles. The second-order valence-electron chi connectivity index (χ2n) is 4.95. The van der Waals surface area contributed by atoms with E-state index in [1.807, 2.05) is 54.6 Å². The fourth-order valence-electron chi connectivity index (χ4n) is 2.05. The predicted octanol–water partition coefficient (Wildman–Crippen LogP) is 3.36. The highest BCUT2D eigenvalue weighted by Crippen LogP contribution is 2.16. The second kappa shape index (κ2) is 7.19. The van der Waals surface area contributed by atoms with Crippen molar-refractivity contribution in [3.63, 3.8) is 0 Å². The summed E-state index contributed by atoms with van der Waals surface area (Å²) in [7, 11) is 0. The van der Waals surface area contributed by atoms with Gasteiger partial charge in [0.2, 0.25) is 17.7 Å². The van der Waals surface area contributed by atoms with Crippen molar-refractivity contribution in [3.05, 3.63) is 70.5 Å². The third kappa shape index (κ3) is 4.26. The maximum Gasteiger partial charge on any atom is 0.247 e. The number of aromatic nitrogens is 2. The molecule has 23 heavy (non-hydrogen) atoms. The second-order valence-corrected chi connectivity index (χ2v) is 5.86. The van der Waals surface area contributed by atoms with Crippen LogP contribution in [0.25, 0.3) is 11.5 Å². The van der Waals surface area contributed by atoms with E-state index in [1.165, 1.54) is 0 Å². The Morgan fingerprint density at radius 1 is 1.04 bits per heavy atom. The molecule has 3 aromatic rings. The number of amides is 1. The van der Waals surface area contributed by atoms with Gasteiger partial charge < -0.3 is 9.73 Å². The van der Waals surface area contributed by atoms with Crippen LogP contribution < -0.4 is 5.32 Å². The van der Waals surface area contributed by atoms with Gasteiger partial charge in [-0.2, -0.15) is 0 Å². The molecule has 2 aromatic carbocycles. The quantitative estimate of drug-likeness (QED) is 0.746. The summed E-state index contributed by atoms with van der Waals surface area (Å²) in [4.78, 5) is 11.9. The van der Waals surface area contributed by atoms with Crippen molar-refractivity contribution in [2.75, 3.05) is 0 Å². The number of carbonyl (C=O) groups is 1. The van der Waals surface area contributed by atoms with Crippen molar-refractivity contribution in [2.45, 2.75) is 13.0 Å². The number of hydrogen-bond acceptors (Lipinski definition) is 4. The Morgan fingerprint density at radius 3 is 2.52 bits per heavy atom. The lowest BCUT2D eigenvalue weighted by Gasteiger charge is -2.03. The Bertz CT molecular complexity index is 785. The van der Waals surface area contributed by atoms with E-state index in [2.05, 4.69) is 31.4 Å². The summed E-state index contributed by atoms with van der Waals surface area (Å²) in [6.45, 7) is 0.217.